The van der Waals surface area contributed by atoms with Gasteiger partial charge in [-0.25, -0.2) is 4.39 Å². The number of aromatic nitrogens is 3. The van der Waals surface area contributed by atoms with Crippen LogP contribution in [-0.4, -0.2) is 15.0 Å². The molecule has 0 aliphatic heterocycles. The van der Waals surface area contributed by atoms with Gasteiger partial charge in [-0.1, -0.05) is 27.2 Å². The maximum atomic E-state index is 13.7. The Bertz CT molecular complexity index is 511. The molecule has 0 saturated carbocycles. The Labute approximate surface area is 100 Å². The Morgan fingerprint density at radius 1 is 1.50 bits per heavy atom. The number of benzene rings is 1. The van der Waals surface area contributed by atoms with Gasteiger partial charge in [0.2, 0.25) is 0 Å². The Kier molecular flexibility index (Phi) is 3.02. The predicted molar refractivity (Wildman–Crippen MR) is 61.1 cm³/mol. The third-order valence-electron chi connectivity index (χ3n) is 2.37. The number of halogens is 2. The molecule has 0 fully saturated rings. The number of hydrogen-bond donors (Lipinski definition) is 1. The summed E-state index contributed by atoms with van der Waals surface area (Å²) in [6, 6.07) is 4.23. The smallest absolute Gasteiger partial charge is 0.129 e. The van der Waals surface area contributed by atoms with Crippen LogP contribution in [-0.2, 0) is 7.05 Å². The van der Waals surface area contributed by atoms with Crippen molar-refractivity contribution in [2.75, 3.05) is 0 Å². The van der Waals surface area contributed by atoms with Crippen LogP contribution in [0.5, 0.6) is 0 Å². The molecule has 4 nitrogen and oxygen atoms in total. The molecule has 0 saturated heterocycles. The van der Waals surface area contributed by atoms with E-state index >= 15 is 0 Å². The molecule has 1 aromatic heterocycles. The van der Waals surface area contributed by atoms with E-state index in [4.69, 9.17) is 5.73 Å². The number of hydrogen-bond acceptors (Lipinski definition) is 3. The van der Waals surface area contributed by atoms with Gasteiger partial charge in [0.05, 0.1) is 17.9 Å². The molecule has 0 aliphatic rings. The van der Waals surface area contributed by atoms with Crippen LogP contribution in [0.15, 0.2) is 28.9 Å². The zero-order chi connectivity index (χ0) is 11.7. The van der Waals surface area contributed by atoms with Gasteiger partial charge >= 0.3 is 0 Å². The molecule has 1 aromatic carbocycles. The van der Waals surface area contributed by atoms with Gasteiger partial charge in [-0.15, -0.1) is 5.10 Å². The molecule has 1 unspecified atom stereocenters. The number of nitrogens with zero attached hydrogens (tertiary/aromatic N) is 3. The minimum absolute atomic E-state index is 0.344. The van der Waals surface area contributed by atoms with Crippen molar-refractivity contribution < 1.29 is 4.39 Å². The van der Waals surface area contributed by atoms with Crippen molar-refractivity contribution in [3.63, 3.8) is 0 Å². The normalized spacial score (nSPS) is 12.8. The van der Waals surface area contributed by atoms with Crippen LogP contribution in [0.25, 0.3) is 0 Å². The lowest BCUT2D eigenvalue weighted by Crippen LogP contribution is -2.17. The monoisotopic (exact) mass is 284 g/mol. The van der Waals surface area contributed by atoms with Gasteiger partial charge in [0, 0.05) is 17.1 Å². The second kappa shape index (κ2) is 4.31. The van der Waals surface area contributed by atoms with Crippen molar-refractivity contribution in [1.82, 2.24) is 15.0 Å². The van der Waals surface area contributed by atoms with E-state index in [0.29, 0.717) is 15.7 Å². The Hall–Kier alpha value is -1.27. The summed E-state index contributed by atoms with van der Waals surface area (Å²) in [5, 5.41) is 7.48. The van der Waals surface area contributed by atoms with E-state index in [2.05, 4.69) is 26.2 Å². The third kappa shape index (κ3) is 1.98. The third-order valence-corrected chi connectivity index (χ3v) is 2.86. The zero-order valence-corrected chi connectivity index (χ0v) is 10.1. The quantitative estimate of drug-likeness (QED) is 0.914. The van der Waals surface area contributed by atoms with Crippen LogP contribution in [0, 0.1) is 5.82 Å². The van der Waals surface area contributed by atoms with E-state index in [1.807, 2.05) is 0 Å². The zero-order valence-electron chi connectivity index (χ0n) is 8.56. The summed E-state index contributed by atoms with van der Waals surface area (Å²) in [7, 11) is 1.72. The lowest BCUT2D eigenvalue weighted by atomic mass is 10.0. The fourth-order valence-electron chi connectivity index (χ4n) is 1.49. The summed E-state index contributed by atoms with van der Waals surface area (Å²) in [6.45, 7) is 0. The average molecular weight is 285 g/mol. The first-order valence-electron chi connectivity index (χ1n) is 4.64. The maximum absolute atomic E-state index is 13.7. The lowest BCUT2D eigenvalue weighted by molar-refractivity contribution is 0.583. The van der Waals surface area contributed by atoms with Crippen molar-refractivity contribution in [1.29, 1.82) is 0 Å². The highest BCUT2D eigenvalue weighted by atomic mass is 79.9. The molecule has 6 heteroatoms. The molecule has 0 bridgehead atoms. The standard InChI is InChI=1S/C10H10BrFN4/c1-16-9(5-14-15-16)10(13)7-3-2-6(11)4-8(7)12/h2-5,10H,13H2,1H3. The summed E-state index contributed by atoms with van der Waals surface area (Å²) in [6.07, 6.45) is 1.53. The average Bonchev–Trinajstić information content (AvgIpc) is 2.63. The summed E-state index contributed by atoms with van der Waals surface area (Å²) in [5.74, 6) is -0.344. The second-order valence-electron chi connectivity index (χ2n) is 3.43. The van der Waals surface area contributed by atoms with Crippen molar-refractivity contribution in [3.8, 4) is 0 Å². The van der Waals surface area contributed by atoms with Gasteiger partial charge in [-0.3, -0.25) is 4.68 Å². The van der Waals surface area contributed by atoms with E-state index in [9.17, 15) is 4.39 Å². The number of rotatable bonds is 2. The fourth-order valence-corrected chi connectivity index (χ4v) is 1.83. The van der Waals surface area contributed by atoms with Gasteiger partial charge in [0.15, 0.2) is 0 Å². The van der Waals surface area contributed by atoms with Gasteiger partial charge < -0.3 is 5.73 Å². The Morgan fingerprint density at radius 2 is 2.25 bits per heavy atom. The molecule has 1 heterocycles. The molecule has 0 spiro atoms. The van der Waals surface area contributed by atoms with Gasteiger partial charge in [0.25, 0.3) is 0 Å². The molecule has 1 atom stereocenters. The molecule has 16 heavy (non-hydrogen) atoms. The van der Waals surface area contributed by atoms with Crippen molar-refractivity contribution >= 4 is 15.9 Å². The van der Waals surface area contributed by atoms with E-state index in [-0.39, 0.29) is 5.82 Å². The van der Waals surface area contributed by atoms with Crippen LogP contribution in [0.2, 0.25) is 0 Å². The van der Waals surface area contributed by atoms with Crippen molar-refractivity contribution in [2.45, 2.75) is 6.04 Å². The minimum atomic E-state index is -0.562. The molecule has 2 N–H and O–H groups in total. The van der Waals surface area contributed by atoms with Crippen LogP contribution in [0.1, 0.15) is 17.3 Å². The first-order chi connectivity index (χ1) is 7.59. The van der Waals surface area contributed by atoms with Gasteiger partial charge in [0.1, 0.15) is 5.82 Å². The predicted octanol–water partition coefficient (Wildman–Crippen LogP) is 1.76. The molecule has 2 aromatic rings. The van der Waals surface area contributed by atoms with E-state index < -0.39 is 6.04 Å². The fraction of sp³-hybridized carbons (Fsp3) is 0.200. The van der Waals surface area contributed by atoms with Crippen LogP contribution < -0.4 is 5.73 Å². The second-order valence-corrected chi connectivity index (χ2v) is 4.34. The van der Waals surface area contributed by atoms with E-state index in [0.717, 1.165) is 0 Å². The highest BCUT2D eigenvalue weighted by Gasteiger charge is 2.17. The van der Waals surface area contributed by atoms with Crippen LogP contribution >= 0.6 is 15.9 Å². The van der Waals surface area contributed by atoms with E-state index in [1.54, 1.807) is 19.2 Å². The summed E-state index contributed by atoms with van der Waals surface area (Å²) < 4.78 is 15.9. The Balaban J connectivity index is 2.41. The van der Waals surface area contributed by atoms with Crippen LogP contribution in [0.3, 0.4) is 0 Å². The summed E-state index contributed by atoms with van der Waals surface area (Å²) in [4.78, 5) is 0. The topological polar surface area (TPSA) is 56.7 Å². The molecular weight excluding hydrogens is 275 g/mol. The van der Waals surface area contributed by atoms with Crippen molar-refractivity contribution in [2.24, 2.45) is 12.8 Å². The number of aryl methyl sites for hydroxylation is 1. The molecule has 84 valence electrons. The van der Waals surface area contributed by atoms with Crippen molar-refractivity contribution in [3.05, 3.63) is 45.9 Å². The highest BCUT2D eigenvalue weighted by Crippen LogP contribution is 2.23. The summed E-state index contributed by atoms with van der Waals surface area (Å²) in [5.41, 5.74) is 7.05. The van der Waals surface area contributed by atoms with Gasteiger partial charge in [-0.05, 0) is 12.1 Å². The molecular formula is C10H10BrFN4. The molecule has 0 amide bonds. The maximum Gasteiger partial charge on any atom is 0.129 e. The number of nitrogens with two attached hydrogens (primary N) is 1. The minimum Gasteiger partial charge on any atom is -0.319 e. The van der Waals surface area contributed by atoms with E-state index in [1.165, 1.54) is 16.9 Å². The first-order valence-corrected chi connectivity index (χ1v) is 5.44. The molecule has 2 rings (SSSR count). The SMILES string of the molecule is Cn1nncc1C(N)c1ccc(Br)cc1F. The van der Waals surface area contributed by atoms with Crippen LogP contribution in [0.4, 0.5) is 4.39 Å². The highest BCUT2D eigenvalue weighted by molar-refractivity contribution is 9.10. The molecule has 0 radical (unpaired) electrons. The first kappa shape index (κ1) is 11.2. The molecule has 0 aliphatic carbocycles. The summed E-state index contributed by atoms with van der Waals surface area (Å²) >= 11 is 3.20. The van der Waals surface area contributed by atoms with Gasteiger partial charge in [-0.2, -0.15) is 0 Å². The Morgan fingerprint density at radius 3 is 2.81 bits per heavy atom. The largest absolute Gasteiger partial charge is 0.319 e. The lowest BCUT2D eigenvalue weighted by Gasteiger charge is -2.12.